The van der Waals surface area contributed by atoms with Crippen LogP contribution in [0.15, 0.2) is 72.8 Å². The number of esters is 1. The van der Waals surface area contributed by atoms with E-state index in [0.717, 1.165) is 22.6 Å². The van der Waals surface area contributed by atoms with Crippen LogP contribution in [0.1, 0.15) is 31.8 Å². The molecular formula is C25H25NO4. The molecule has 0 aliphatic rings. The molecule has 0 N–H and O–H groups in total. The van der Waals surface area contributed by atoms with Gasteiger partial charge in [0.15, 0.2) is 0 Å². The predicted octanol–water partition coefficient (Wildman–Crippen LogP) is 4.82. The smallest absolute Gasteiger partial charge is 0.339 e. The number of amides is 1. The second-order valence-electron chi connectivity index (χ2n) is 7.05. The Morgan fingerprint density at radius 2 is 1.40 bits per heavy atom. The molecule has 5 heteroatoms. The molecule has 0 aliphatic carbocycles. The summed E-state index contributed by atoms with van der Waals surface area (Å²) in [5, 5.41) is 0. The Bertz CT molecular complexity index is 1010. The lowest BCUT2D eigenvalue weighted by molar-refractivity contribution is 0.0447. The van der Waals surface area contributed by atoms with Crippen molar-refractivity contribution in [2.45, 2.75) is 13.8 Å². The average molecular weight is 403 g/mol. The van der Waals surface area contributed by atoms with Crippen LogP contribution >= 0.6 is 0 Å². The van der Waals surface area contributed by atoms with E-state index < -0.39 is 5.97 Å². The van der Waals surface area contributed by atoms with Crippen molar-refractivity contribution in [1.82, 2.24) is 0 Å². The van der Waals surface area contributed by atoms with E-state index in [2.05, 4.69) is 6.07 Å². The molecule has 0 aromatic heterocycles. The van der Waals surface area contributed by atoms with Crippen molar-refractivity contribution < 1.29 is 19.1 Å². The predicted molar refractivity (Wildman–Crippen MR) is 117 cm³/mol. The Balaban J connectivity index is 1.63. The molecular weight excluding hydrogens is 378 g/mol. The second kappa shape index (κ2) is 9.74. The summed E-state index contributed by atoms with van der Waals surface area (Å²) in [7, 11) is 1.68. The molecule has 154 valence electrons. The maximum Gasteiger partial charge on any atom is 0.339 e. The maximum atomic E-state index is 12.9. The average Bonchev–Trinajstić information content (AvgIpc) is 2.75. The zero-order valence-corrected chi connectivity index (χ0v) is 17.4. The van der Waals surface area contributed by atoms with Crippen molar-refractivity contribution >= 4 is 17.6 Å². The van der Waals surface area contributed by atoms with Gasteiger partial charge >= 0.3 is 5.97 Å². The molecule has 0 heterocycles. The summed E-state index contributed by atoms with van der Waals surface area (Å²) < 4.78 is 11.0. The Morgan fingerprint density at radius 1 is 0.800 bits per heavy atom. The van der Waals surface area contributed by atoms with E-state index in [0.29, 0.717) is 5.56 Å². The van der Waals surface area contributed by atoms with Crippen LogP contribution in [0.4, 0.5) is 5.69 Å². The van der Waals surface area contributed by atoms with E-state index >= 15 is 0 Å². The van der Waals surface area contributed by atoms with E-state index in [-0.39, 0.29) is 24.7 Å². The molecule has 0 radical (unpaired) electrons. The monoisotopic (exact) mass is 403 g/mol. The van der Waals surface area contributed by atoms with Gasteiger partial charge in [0.1, 0.15) is 19.0 Å². The molecule has 3 rings (SSSR count). The van der Waals surface area contributed by atoms with E-state index in [1.165, 1.54) is 4.90 Å². The van der Waals surface area contributed by atoms with Gasteiger partial charge in [-0.05, 0) is 61.4 Å². The molecule has 1 amide bonds. The van der Waals surface area contributed by atoms with Gasteiger partial charge < -0.3 is 14.4 Å². The number of hydrogen-bond acceptors (Lipinski definition) is 4. The number of carbonyl (C=O) groups excluding carboxylic acids is 2. The number of benzene rings is 3. The summed E-state index contributed by atoms with van der Waals surface area (Å²) in [6.07, 6.45) is 0. The molecule has 5 nitrogen and oxygen atoms in total. The largest absolute Gasteiger partial charge is 0.490 e. The van der Waals surface area contributed by atoms with Crippen molar-refractivity contribution in [2.24, 2.45) is 0 Å². The molecule has 3 aromatic carbocycles. The molecule has 0 aliphatic heterocycles. The molecule has 3 aromatic rings. The fraction of sp³-hybridized carbons (Fsp3) is 0.200. The van der Waals surface area contributed by atoms with E-state index in [1.54, 1.807) is 31.3 Å². The SMILES string of the molecule is Cc1cc(C)cc(OCCOC(=O)c2ccccc2C(=O)N(C)c2ccccc2)c1. The highest BCUT2D eigenvalue weighted by Crippen LogP contribution is 2.19. The lowest BCUT2D eigenvalue weighted by Crippen LogP contribution is -2.28. The van der Waals surface area contributed by atoms with E-state index in [4.69, 9.17) is 9.47 Å². The van der Waals surface area contributed by atoms with Crippen LogP contribution in [0.5, 0.6) is 5.75 Å². The molecule has 0 spiro atoms. The zero-order valence-electron chi connectivity index (χ0n) is 17.4. The lowest BCUT2D eigenvalue weighted by atomic mass is 10.1. The topological polar surface area (TPSA) is 55.8 Å². The highest BCUT2D eigenvalue weighted by Gasteiger charge is 2.21. The molecule has 0 saturated heterocycles. The number of ether oxygens (including phenoxy) is 2. The molecule has 0 bridgehead atoms. The first-order chi connectivity index (χ1) is 14.5. The van der Waals surface area contributed by atoms with Crippen LogP contribution in [-0.4, -0.2) is 32.1 Å². The highest BCUT2D eigenvalue weighted by atomic mass is 16.6. The van der Waals surface area contributed by atoms with E-state index in [9.17, 15) is 9.59 Å². The summed E-state index contributed by atoms with van der Waals surface area (Å²) in [5.74, 6) is -0.0896. The van der Waals surface area contributed by atoms with Crippen molar-refractivity contribution in [3.05, 3.63) is 95.1 Å². The van der Waals surface area contributed by atoms with Crippen LogP contribution in [0.25, 0.3) is 0 Å². The van der Waals surface area contributed by atoms with Gasteiger partial charge in [0.05, 0.1) is 11.1 Å². The van der Waals surface area contributed by atoms with Gasteiger partial charge in [-0.3, -0.25) is 4.79 Å². The minimum absolute atomic E-state index is 0.0862. The summed E-state index contributed by atoms with van der Waals surface area (Å²) in [4.78, 5) is 27.1. The third-order valence-electron chi connectivity index (χ3n) is 4.61. The van der Waals surface area contributed by atoms with Crippen molar-refractivity contribution in [3.63, 3.8) is 0 Å². The first kappa shape index (κ1) is 21.1. The van der Waals surface area contributed by atoms with Crippen LogP contribution in [0.2, 0.25) is 0 Å². The summed E-state index contributed by atoms with van der Waals surface area (Å²) in [6.45, 7) is 4.32. The van der Waals surface area contributed by atoms with E-state index in [1.807, 2.05) is 56.3 Å². The van der Waals surface area contributed by atoms with Crippen LogP contribution in [0.3, 0.4) is 0 Å². The first-order valence-corrected chi connectivity index (χ1v) is 9.76. The Morgan fingerprint density at radius 3 is 2.07 bits per heavy atom. The number of nitrogens with zero attached hydrogens (tertiary/aromatic N) is 1. The third kappa shape index (κ3) is 5.26. The lowest BCUT2D eigenvalue weighted by Gasteiger charge is -2.18. The number of para-hydroxylation sites is 1. The fourth-order valence-electron chi connectivity index (χ4n) is 3.19. The molecule has 30 heavy (non-hydrogen) atoms. The van der Waals surface area contributed by atoms with Gasteiger partial charge in [-0.15, -0.1) is 0 Å². The third-order valence-corrected chi connectivity index (χ3v) is 4.61. The maximum absolute atomic E-state index is 12.9. The minimum Gasteiger partial charge on any atom is -0.490 e. The van der Waals surface area contributed by atoms with Crippen molar-refractivity contribution in [3.8, 4) is 5.75 Å². The summed E-state index contributed by atoms with van der Waals surface area (Å²) in [6, 6.07) is 21.9. The Kier molecular flexibility index (Phi) is 6.86. The quantitative estimate of drug-likeness (QED) is 0.419. The van der Waals surface area contributed by atoms with Crippen molar-refractivity contribution in [1.29, 1.82) is 0 Å². The molecule has 0 unspecified atom stereocenters. The summed E-state index contributed by atoms with van der Waals surface area (Å²) >= 11 is 0. The standard InChI is InChI=1S/C25H25NO4/c1-18-15-19(2)17-21(16-18)29-13-14-30-25(28)23-12-8-7-11-22(23)24(27)26(3)20-9-5-4-6-10-20/h4-12,15-17H,13-14H2,1-3H3. The number of anilines is 1. The fourth-order valence-corrected chi connectivity index (χ4v) is 3.19. The number of aryl methyl sites for hydroxylation is 2. The number of rotatable bonds is 7. The van der Waals surface area contributed by atoms with Gasteiger partial charge in [-0.25, -0.2) is 4.79 Å². The van der Waals surface area contributed by atoms with Crippen molar-refractivity contribution in [2.75, 3.05) is 25.2 Å². The van der Waals surface area contributed by atoms with Crippen LogP contribution < -0.4 is 9.64 Å². The Labute approximate surface area is 176 Å². The zero-order chi connectivity index (χ0) is 21.5. The van der Waals surface area contributed by atoms with Gasteiger partial charge in [0.25, 0.3) is 5.91 Å². The number of hydrogen-bond donors (Lipinski definition) is 0. The molecule has 0 fully saturated rings. The van der Waals surface area contributed by atoms with Crippen LogP contribution in [0, 0.1) is 13.8 Å². The van der Waals surface area contributed by atoms with Gasteiger partial charge in [0, 0.05) is 12.7 Å². The summed E-state index contributed by atoms with van der Waals surface area (Å²) in [5.41, 5.74) is 3.49. The second-order valence-corrected chi connectivity index (χ2v) is 7.05. The van der Waals surface area contributed by atoms with Gasteiger partial charge in [-0.2, -0.15) is 0 Å². The first-order valence-electron chi connectivity index (χ1n) is 9.76. The van der Waals surface area contributed by atoms with Crippen LogP contribution in [-0.2, 0) is 4.74 Å². The van der Waals surface area contributed by atoms with Gasteiger partial charge in [0.2, 0.25) is 0 Å². The molecule has 0 atom stereocenters. The number of carbonyl (C=O) groups is 2. The highest BCUT2D eigenvalue weighted by molar-refractivity contribution is 6.11. The normalized spacial score (nSPS) is 10.4. The molecule has 0 saturated carbocycles. The Hall–Kier alpha value is -3.60. The van der Waals surface area contributed by atoms with Gasteiger partial charge in [-0.1, -0.05) is 36.4 Å². The minimum atomic E-state index is -0.551.